The maximum absolute atomic E-state index is 6.13. The molecule has 0 spiro atoms. The van der Waals surface area contributed by atoms with Crippen LogP contribution < -0.4 is 10.5 Å². The first-order chi connectivity index (χ1) is 9.24. The zero-order chi connectivity index (χ0) is 13.2. The maximum Gasteiger partial charge on any atom is 0.240 e. The van der Waals surface area contributed by atoms with E-state index in [1.54, 1.807) is 16.8 Å². The van der Waals surface area contributed by atoms with Crippen LogP contribution in [-0.4, -0.2) is 14.6 Å². The van der Waals surface area contributed by atoms with Crippen LogP contribution in [0.1, 0.15) is 5.56 Å². The van der Waals surface area contributed by atoms with E-state index < -0.39 is 0 Å². The average molecular weight is 275 g/mol. The third-order valence-corrected chi connectivity index (χ3v) is 2.95. The highest BCUT2D eigenvalue weighted by atomic mass is 35.5. The van der Waals surface area contributed by atoms with Gasteiger partial charge in [0.1, 0.15) is 6.61 Å². The summed E-state index contributed by atoms with van der Waals surface area (Å²) in [5, 5.41) is 4.50. The van der Waals surface area contributed by atoms with Crippen LogP contribution in [0.3, 0.4) is 0 Å². The van der Waals surface area contributed by atoms with Crippen molar-refractivity contribution in [1.29, 1.82) is 0 Å². The molecule has 19 heavy (non-hydrogen) atoms. The Kier molecular flexibility index (Phi) is 2.97. The molecule has 0 saturated heterocycles. The van der Waals surface area contributed by atoms with E-state index in [9.17, 15) is 0 Å². The van der Waals surface area contributed by atoms with Crippen LogP contribution in [0.25, 0.3) is 5.65 Å². The van der Waals surface area contributed by atoms with Gasteiger partial charge in [-0.3, -0.25) is 0 Å². The molecule has 5 nitrogen and oxygen atoms in total. The fourth-order valence-corrected chi connectivity index (χ4v) is 1.98. The standard InChI is InChI=1S/C13H11ClN4O/c14-10-6-7-18-12(16-13(15)17-18)11(10)19-8-9-4-2-1-3-5-9/h1-7H,8H2,(H2,15,17). The molecule has 0 radical (unpaired) electrons. The largest absolute Gasteiger partial charge is 0.483 e. The van der Waals surface area contributed by atoms with E-state index in [1.807, 2.05) is 30.3 Å². The van der Waals surface area contributed by atoms with Gasteiger partial charge in [0.05, 0.1) is 5.02 Å². The Balaban J connectivity index is 1.93. The SMILES string of the molecule is Nc1nc2c(OCc3ccccc3)c(Cl)ccn2n1. The Hall–Kier alpha value is -2.27. The lowest BCUT2D eigenvalue weighted by Crippen LogP contribution is -1.98. The number of anilines is 1. The lowest BCUT2D eigenvalue weighted by molar-refractivity contribution is 0.308. The molecule has 3 aromatic rings. The first kappa shape index (κ1) is 11.8. The number of nitrogen functional groups attached to an aromatic ring is 1. The molecule has 0 aliphatic rings. The third-order valence-electron chi connectivity index (χ3n) is 2.66. The topological polar surface area (TPSA) is 65.4 Å². The van der Waals surface area contributed by atoms with Crippen molar-refractivity contribution < 1.29 is 4.74 Å². The summed E-state index contributed by atoms with van der Waals surface area (Å²) in [7, 11) is 0. The minimum atomic E-state index is 0.187. The first-order valence-electron chi connectivity index (χ1n) is 5.71. The Labute approximate surface area is 114 Å². The molecule has 0 aliphatic heterocycles. The van der Waals surface area contributed by atoms with E-state index >= 15 is 0 Å². The Morgan fingerprint density at radius 3 is 2.79 bits per heavy atom. The number of nitrogens with two attached hydrogens (primary N) is 1. The van der Waals surface area contributed by atoms with E-state index in [2.05, 4.69) is 10.1 Å². The van der Waals surface area contributed by atoms with Gasteiger partial charge < -0.3 is 10.5 Å². The minimum absolute atomic E-state index is 0.187. The summed E-state index contributed by atoms with van der Waals surface area (Å²) >= 11 is 6.13. The third kappa shape index (κ3) is 2.32. The van der Waals surface area contributed by atoms with E-state index in [1.165, 1.54) is 0 Å². The molecule has 3 rings (SSSR count). The minimum Gasteiger partial charge on any atom is -0.483 e. The average Bonchev–Trinajstić information content (AvgIpc) is 2.79. The number of aromatic nitrogens is 3. The molecule has 0 atom stereocenters. The van der Waals surface area contributed by atoms with E-state index in [4.69, 9.17) is 22.1 Å². The molecule has 1 aromatic carbocycles. The van der Waals surface area contributed by atoms with Crippen LogP contribution in [0.2, 0.25) is 5.02 Å². The van der Waals surface area contributed by atoms with Crippen molar-refractivity contribution in [3.8, 4) is 5.75 Å². The van der Waals surface area contributed by atoms with Gasteiger partial charge in [0, 0.05) is 6.20 Å². The first-order valence-corrected chi connectivity index (χ1v) is 6.09. The van der Waals surface area contributed by atoms with Gasteiger partial charge in [-0.1, -0.05) is 41.9 Å². The number of pyridine rings is 1. The van der Waals surface area contributed by atoms with Crippen LogP contribution in [0.5, 0.6) is 5.75 Å². The van der Waals surface area contributed by atoms with Gasteiger partial charge in [0.25, 0.3) is 0 Å². The monoisotopic (exact) mass is 274 g/mol. The van der Waals surface area contributed by atoms with Gasteiger partial charge in [-0.15, -0.1) is 5.10 Å². The molecule has 2 aromatic heterocycles. The molecule has 0 saturated carbocycles. The van der Waals surface area contributed by atoms with Gasteiger partial charge in [-0.05, 0) is 11.6 Å². The molecule has 6 heteroatoms. The highest BCUT2D eigenvalue weighted by Crippen LogP contribution is 2.29. The summed E-state index contributed by atoms with van der Waals surface area (Å²) in [5.74, 6) is 0.670. The highest BCUT2D eigenvalue weighted by Gasteiger charge is 2.12. The van der Waals surface area contributed by atoms with Gasteiger partial charge in [-0.25, -0.2) is 4.52 Å². The second-order valence-electron chi connectivity index (χ2n) is 4.01. The molecule has 2 N–H and O–H groups in total. The second-order valence-corrected chi connectivity index (χ2v) is 4.41. The normalized spacial score (nSPS) is 10.8. The van der Waals surface area contributed by atoms with E-state index in [0.29, 0.717) is 23.0 Å². The lowest BCUT2D eigenvalue weighted by Gasteiger charge is -2.08. The molecule has 2 heterocycles. The number of nitrogens with zero attached hydrogens (tertiary/aromatic N) is 3. The van der Waals surface area contributed by atoms with Crippen molar-refractivity contribution in [2.45, 2.75) is 6.61 Å². The molecule has 0 amide bonds. The molecule has 0 bridgehead atoms. The number of ether oxygens (including phenoxy) is 1. The maximum atomic E-state index is 6.13. The molecular weight excluding hydrogens is 264 g/mol. The van der Waals surface area contributed by atoms with Crippen LogP contribution in [-0.2, 0) is 6.61 Å². The summed E-state index contributed by atoms with van der Waals surface area (Å²) in [6.07, 6.45) is 1.69. The van der Waals surface area contributed by atoms with Gasteiger partial charge in [0.15, 0.2) is 5.75 Å². The second kappa shape index (κ2) is 4.78. The highest BCUT2D eigenvalue weighted by molar-refractivity contribution is 6.32. The van der Waals surface area contributed by atoms with Crippen LogP contribution in [0, 0.1) is 0 Å². The number of benzene rings is 1. The summed E-state index contributed by atoms with van der Waals surface area (Å²) in [6, 6.07) is 11.5. The summed E-state index contributed by atoms with van der Waals surface area (Å²) in [6.45, 7) is 0.410. The molecule has 96 valence electrons. The fourth-order valence-electron chi connectivity index (χ4n) is 1.78. The number of hydrogen-bond acceptors (Lipinski definition) is 4. The van der Waals surface area contributed by atoms with Crippen LogP contribution in [0.15, 0.2) is 42.6 Å². The number of hydrogen-bond donors (Lipinski definition) is 1. The molecule has 0 unspecified atom stereocenters. The molecule has 0 aliphatic carbocycles. The van der Waals surface area contributed by atoms with Gasteiger partial charge in [0.2, 0.25) is 11.6 Å². The molecular formula is C13H11ClN4O. The Morgan fingerprint density at radius 1 is 1.21 bits per heavy atom. The Bertz CT molecular complexity index is 711. The quantitative estimate of drug-likeness (QED) is 0.797. The van der Waals surface area contributed by atoms with Gasteiger partial charge in [-0.2, -0.15) is 4.98 Å². The zero-order valence-electron chi connectivity index (χ0n) is 9.95. The summed E-state index contributed by atoms with van der Waals surface area (Å²) in [4.78, 5) is 4.11. The predicted octanol–water partition coefficient (Wildman–Crippen LogP) is 2.54. The van der Waals surface area contributed by atoms with Crippen molar-refractivity contribution >= 4 is 23.2 Å². The number of halogens is 1. The fraction of sp³-hybridized carbons (Fsp3) is 0.0769. The van der Waals surface area contributed by atoms with Crippen molar-refractivity contribution in [2.75, 3.05) is 5.73 Å². The van der Waals surface area contributed by atoms with Crippen molar-refractivity contribution in [3.63, 3.8) is 0 Å². The van der Waals surface area contributed by atoms with Gasteiger partial charge >= 0.3 is 0 Å². The molecule has 0 fully saturated rings. The Morgan fingerprint density at radius 2 is 2.00 bits per heavy atom. The predicted molar refractivity (Wildman–Crippen MR) is 73.2 cm³/mol. The van der Waals surface area contributed by atoms with Crippen molar-refractivity contribution in [3.05, 3.63) is 53.2 Å². The van der Waals surface area contributed by atoms with Crippen molar-refractivity contribution in [1.82, 2.24) is 14.6 Å². The van der Waals surface area contributed by atoms with Crippen molar-refractivity contribution in [2.24, 2.45) is 0 Å². The van der Waals surface area contributed by atoms with Crippen LogP contribution >= 0.6 is 11.6 Å². The summed E-state index contributed by atoms with van der Waals surface area (Å²) in [5.41, 5.74) is 7.14. The van der Waals surface area contributed by atoms with Crippen LogP contribution in [0.4, 0.5) is 5.95 Å². The summed E-state index contributed by atoms with van der Waals surface area (Å²) < 4.78 is 7.28. The smallest absolute Gasteiger partial charge is 0.240 e. The number of rotatable bonds is 3. The number of fused-ring (bicyclic) bond motifs is 1. The lowest BCUT2D eigenvalue weighted by atomic mass is 10.2. The zero-order valence-corrected chi connectivity index (χ0v) is 10.7. The van der Waals surface area contributed by atoms with E-state index in [0.717, 1.165) is 5.56 Å². The van der Waals surface area contributed by atoms with E-state index in [-0.39, 0.29) is 5.95 Å².